The fraction of sp³-hybridized carbons (Fsp3) is 0.643. The van der Waals surface area contributed by atoms with E-state index in [1.54, 1.807) is 24.3 Å². The van der Waals surface area contributed by atoms with Crippen molar-refractivity contribution in [2.75, 3.05) is 0 Å². The molecule has 3 fully saturated rings. The van der Waals surface area contributed by atoms with Gasteiger partial charge in [-0.1, -0.05) is 43.7 Å². The third kappa shape index (κ3) is 2.98. The van der Waals surface area contributed by atoms with E-state index in [9.17, 15) is 24.9 Å². The summed E-state index contributed by atoms with van der Waals surface area (Å²) >= 11 is 0. The molecule has 0 amide bonds. The first-order valence-electron chi connectivity index (χ1n) is 12.6. The van der Waals surface area contributed by atoms with Gasteiger partial charge in [-0.2, -0.15) is 0 Å². The van der Waals surface area contributed by atoms with Crippen LogP contribution in [0, 0.1) is 22.7 Å². The molecule has 0 aromatic heterocycles. The van der Waals surface area contributed by atoms with Gasteiger partial charge in [-0.3, -0.25) is 4.79 Å². The molecule has 0 bridgehead atoms. The molecule has 0 spiro atoms. The van der Waals surface area contributed by atoms with Gasteiger partial charge in [0.25, 0.3) is 0 Å². The van der Waals surface area contributed by atoms with Gasteiger partial charge in [-0.15, -0.1) is 0 Å². The molecular formula is C28H36O6. The highest BCUT2D eigenvalue weighted by molar-refractivity contribution is 5.89. The van der Waals surface area contributed by atoms with E-state index >= 15 is 0 Å². The molecule has 1 aromatic carbocycles. The quantitative estimate of drug-likeness (QED) is 0.463. The Balaban J connectivity index is 1.61. The number of carbonyl (C=O) groups excluding carboxylic acids is 2. The lowest BCUT2D eigenvalue weighted by atomic mass is 9.43. The van der Waals surface area contributed by atoms with Crippen LogP contribution in [0.5, 0.6) is 0 Å². The highest BCUT2D eigenvalue weighted by atomic mass is 16.5. The van der Waals surface area contributed by atoms with E-state index in [4.69, 9.17) is 4.74 Å². The molecule has 6 heteroatoms. The summed E-state index contributed by atoms with van der Waals surface area (Å²) in [4.78, 5) is 25.9. The minimum atomic E-state index is -1.58. The van der Waals surface area contributed by atoms with Crippen molar-refractivity contribution in [3.05, 3.63) is 47.5 Å². The van der Waals surface area contributed by atoms with Crippen LogP contribution in [0.4, 0.5) is 0 Å². The highest BCUT2D eigenvalue weighted by Gasteiger charge is 2.77. The van der Waals surface area contributed by atoms with E-state index < -0.39 is 46.1 Å². The third-order valence-corrected chi connectivity index (χ3v) is 10.2. The fourth-order valence-electron chi connectivity index (χ4n) is 8.20. The Morgan fingerprint density at radius 3 is 2.44 bits per heavy atom. The second kappa shape index (κ2) is 7.74. The van der Waals surface area contributed by atoms with E-state index in [-0.39, 0.29) is 24.5 Å². The van der Waals surface area contributed by atoms with E-state index in [0.717, 1.165) is 5.57 Å². The lowest BCUT2D eigenvalue weighted by Crippen LogP contribution is -2.75. The van der Waals surface area contributed by atoms with E-state index in [0.29, 0.717) is 37.7 Å². The number of aliphatic hydroxyl groups is 3. The number of fused-ring (bicyclic) bond motifs is 5. The second-order valence-electron chi connectivity index (χ2n) is 11.6. The van der Waals surface area contributed by atoms with Crippen LogP contribution in [0.2, 0.25) is 0 Å². The Labute approximate surface area is 201 Å². The SMILES string of the molecule is CC(=O)C1CCC2(O)C3(O)CC=C4CC(O)CCC4(C)C3CC(OC(=O)c3ccccc3)C12C. The van der Waals surface area contributed by atoms with Crippen LogP contribution < -0.4 is 0 Å². The zero-order valence-electron chi connectivity index (χ0n) is 20.3. The Morgan fingerprint density at radius 2 is 1.76 bits per heavy atom. The van der Waals surface area contributed by atoms with Crippen LogP contribution in [0.25, 0.3) is 0 Å². The summed E-state index contributed by atoms with van der Waals surface area (Å²) in [6, 6.07) is 8.76. The standard InChI is InChI=1S/C28H36O6/c1-17(29)21-11-14-28(33)26(21,3)23(34-24(31)18-7-5-4-6-8-18)16-22-25(2)12-10-20(30)15-19(25)9-13-27(22,28)32/h4-9,20-23,30,32-33H,10-16H2,1-3H3. The predicted octanol–water partition coefficient (Wildman–Crippen LogP) is 3.58. The summed E-state index contributed by atoms with van der Waals surface area (Å²) < 4.78 is 6.15. The van der Waals surface area contributed by atoms with Crippen LogP contribution in [0.3, 0.4) is 0 Å². The number of benzene rings is 1. The lowest BCUT2D eigenvalue weighted by molar-refractivity contribution is -0.297. The van der Waals surface area contributed by atoms with Gasteiger partial charge in [0.1, 0.15) is 23.1 Å². The average Bonchev–Trinajstić information content (AvgIpc) is 3.10. The molecule has 3 saturated carbocycles. The van der Waals surface area contributed by atoms with Crippen LogP contribution in [-0.4, -0.2) is 50.5 Å². The summed E-state index contributed by atoms with van der Waals surface area (Å²) in [5, 5.41) is 35.0. The van der Waals surface area contributed by atoms with Crippen molar-refractivity contribution < 1.29 is 29.6 Å². The van der Waals surface area contributed by atoms with Crippen molar-refractivity contribution in [2.45, 2.75) is 89.1 Å². The van der Waals surface area contributed by atoms with Crippen molar-refractivity contribution in [1.82, 2.24) is 0 Å². The topological polar surface area (TPSA) is 104 Å². The van der Waals surface area contributed by atoms with Crippen LogP contribution in [0.15, 0.2) is 42.0 Å². The molecule has 3 N–H and O–H groups in total. The average molecular weight is 469 g/mol. The number of ether oxygens (including phenoxy) is 1. The molecule has 0 radical (unpaired) electrons. The van der Waals surface area contributed by atoms with Gasteiger partial charge >= 0.3 is 5.97 Å². The zero-order chi connectivity index (χ0) is 24.5. The van der Waals surface area contributed by atoms with E-state index in [2.05, 4.69) is 6.92 Å². The Bertz CT molecular complexity index is 1030. The highest BCUT2D eigenvalue weighted by Crippen LogP contribution is 2.70. The van der Waals surface area contributed by atoms with Gasteiger partial charge in [0.2, 0.25) is 0 Å². The summed E-state index contributed by atoms with van der Waals surface area (Å²) in [6.07, 6.45) is 4.11. The molecule has 184 valence electrons. The van der Waals surface area contributed by atoms with E-state index in [1.165, 1.54) is 6.92 Å². The molecule has 1 aromatic rings. The number of hydrogen-bond donors (Lipinski definition) is 3. The third-order valence-electron chi connectivity index (χ3n) is 10.2. The maximum atomic E-state index is 13.2. The first kappa shape index (κ1) is 23.7. The normalized spacial score (nSPS) is 45.4. The number of rotatable bonds is 3. The molecular weight excluding hydrogens is 432 g/mol. The summed E-state index contributed by atoms with van der Waals surface area (Å²) in [5.74, 6) is -1.41. The van der Waals surface area contributed by atoms with Crippen LogP contribution in [-0.2, 0) is 9.53 Å². The first-order chi connectivity index (χ1) is 16.0. The minimum absolute atomic E-state index is 0.0553. The monoisotopic (exact) mass is 468 g/mol. The maximum Gasteiger partial charge on any atom is 0.338 e. The number of hydrogen-bond acceptors (Lipinski definition) is 6. The molecule has 4 aliphatic carbocycles. The van der Waals surface area contributed by atoms with Gasteiger partial charge in [0.15, 0.2) is 0 Å². The first-order valence-corrected chi connectivity index (χ1v) is 12.6. The van der Waals surface area contributed by atoms with Gasteiger partial charge in [0.05, 0.1) is 11.7 Å². The molecule has 5 rings (SSSR count). The molecule has 0 heterocycles. The van der Waals surface area contributed by atoms with Crippen molar-refractivity contribution in [3.63, 3.8) is 0 Å². The Hall–Kier alpha value is -2.02. The van der Waals surface area contributed by atoms with Gasteiger partial charge in [0, 0.05) is 17.3 Å². The Morgan fingerprint density at radius 1 is 1.06 bits per heavy atom. The van der Waals surface area contributed by atoms with Crippen molar-refractivity contribution >= 4 is 11.8 Å². The van der Waals surface area contributed by atoms with Gasteiger partial charge in [-0.25, -0.2) is 4.79 Å². The van der Waals surface area contributed by atoms with Crippen LogP contribution in [0.1, 0.15) is 76.1 Å². The van der Waals surface area contributed by atoms with Crippen molar-refractivity contribution in [2.24, 2.45) is 22.7 Å². The fourth-order valence-corrected chi connectivity index (χ4v) is 8.20. The van der Waals surface area contributed by atoms with E-state index in [1.807, 2.05) is 19.1 Å². The summed E-state index contributed by atoms with van der Waals surface area (Å²) in [5.41, 5.74) is -3.02. The van der Waals surface area contributed by atoms with Crippen molar-refractivity contribution in [1.29, 1.82) is 0 Å². The number of aliphatic hydroxyl groups excluding tert-OH is 1. The molecule has 0 aliphatic heterocycles. The maximum absolute atomic E-state index is 13.2. The molecule has 34 heavy (non-hydrogen) atoms. The smallest absolute Gasteiger partial charge is 0.338 e. The lowest BCUT2D eigenvalue weighted by Gasteiger charge is -2.66. The molecule has 6 nitrogen and oxygen atoms in total. The summed E-state index contributed by atoms with van der Waals surface area (Å²) in [7, 11) is 0. The number of Topliss-reactive ketones (excluding diaryl/α,β-unsaturated/α-hetero) is 1. The number of ketones is 1. The second-order valence-corrected chi connectivity index (χ2v) is 11.6. The number of esters is 1. The zero-order valence-corrected chi connectivity index (χ0v) is 20.3. The molecule has 8 atom stereocenters. The minimum Gasteiger partial charge on any atom is -0.458 e. The molecule has 8 unspecified atom stereocenters. The summed E-state index contributed by atoms with van der Waals surface area (Å²) in [6.45, 7) is 5.46. The molecule has 4 aliphatic rings. The largest absolute Gasteiger partial charge is 0.458 e. The van der Waals surface area contributed by atoms with Crippen LogP contribution >= 0.6 is 0 Å². The van der Waals surface area contributed by atoms with Gasteiger partial charge in [-0.05, 0) is 69.4 Å². The number of carbonyl (C=O) groups is 2. The molecule has 0 saturated heterocycles. The van der Waals surface area contributed by atoms with Gasteiger partial charge < -0.3 is 20.1 Å². The Kier molecular flexibility index (Phi) is 5.40. The predicted molar refractivity (Wildman–Crippen MR) is 126 cm³/mol. The van der Waals surface area contributed by atoms with Crippen molar-refractivity contribution in [3.8, 4) is 0 Å².